The summed E-state index contributed by atoms with van der Waals surface area (Å²) in [7, 11) is 0. The largest absolute Gasteiger partial charge is 0.389 e. The number of aliphatic hydroxyl groups excluding tert-OH is 1. The van der Waals surface area contributed by atoms with Crippen molar-refractivity contribution in [3.63, 3.8) is 0 Å². The number of hydrogen-bond donors (Lipinski definition) is 1. The van der Waals surface area contributed by atoms with Crippen LogP contribution in [-0.2, 0) is 17.3 Å². The molecule has 0 bridgehead atoms. The highest BCUT2D eigenvalue weighted by Crippen LogP contribution is 2.47. The van der Waals surface area contributed by atoms with E-state index in [1.807, 2.05) is 0 Å². The van der Waals surface area contributed by atoms with E-state index in [0.717, 1.165) is 4.90 Å². The molecule has 9 heteroatoms. The van der Waals surface area contributed by atoms with Crippen LogP contribution in [0.5, 0.6) is 0 Å². The zero-order chi connectivity index (χ0) is 19.2. The van der Waals surface area contributed by atoms with Crippen LogP contribution in [0, 0.1) is 0 Å². The molecule has 0 saturated carbocycles. The molecule has 3 heterocycles. The van der Waals surface area contributed by atoms with Crippen molar-refractivity contribution in [1.29, 1.82) is 0 Å². The monoisotopic (exact) mass is 371 g/mol. The van der Waals surface area contributed by atoms with Crippen LogP contribution >= 0.6 is 0 Å². The lowest BCUT2D eigenvalue weighted by molar-refractivity contribution is -0.141. The number of nitrogens with zero attached hydrogens (tertiary/aromatic N) is 5. The predicted octanol–water partition coefficient (Wildman–Crippen LogP) is 2.35. The highest BCUT2D eigenvalue weighted by Gasteiger charge is 2.54. The maximum atomic E-state index is 14.7. The molecule has 2 aromatic heterocycles. The number of fused-ring (bicyclic) bond motifs is 1. The molecular formula is C18H15F2N5O2. The third-order valence-electron chi connectivity index (χ3n) is 4.45. The molecule has 1 amide bonds. The van der Waals surface area contributed by atoms with Gasteiger partial charge in [0.1, 0.15) is 0 Å². The Balaban J connectivity index is 1.74. The molecule has 0 aliphatic carbocycles. The van der Waals surface area contributed by atoms with E-state index in [9.17, 15) is 18.7 Å². The standard InChI is InChI=1S/C18H15F2N5O2/c1-11(26)14-3-2-4-15-16(14)18(19,20)17(27)24(15)10-12-7-13(9-21-8-12)25-6-5-22-23-25/h2-9,11,26H,10H2,1H3/t11-/m0/s1. The van der Waals surface area contributed by atoms with Crippen LogP contribution in [0.4, 0.5) is 14.5 Å². The highest BCUT2D eigenvalue weighted by atomic mass is 19.3. The zero-order valence-electron chi connectivity index (χ0n) is 14.3. The number of alkyl halides is 2. The zero-order valence-corrected chi connectivity index (χ0v) is 14.3. The summed E-state index contributed by atoms with van der Waals surface area (Å²) in [6, 6.07) is 6.10. The molecule has 1 N–H and O–H groups in total. The Kier molecular flexibility index (Phi) is 3.96. The summed E-state index contributed by atoms with van der Waals surface area (Å²) >= 11 is 0. The summed E-state index contributed by atoms with van der Waals surface area (Å²) in [5.41, 5.74) is 0.853. The molecular weight excluding hydrogens is 356 g/mol. The molecule has 1 aliphatic rings. The minimum atomic E-state index is -3.69. The molecule has 0 spiro atoms. The summed E-state index contributed by atoms with van der Waals surface area (Å²) in [5.74, 6) is -5.02. The van der Waals surface area contributed by atoms with E-state index in [-0.39, 0.29) is 17.8 Å². The third-order valence-corrected chi connectivity index (χ3v) is 4.45. The quantitative estimate of drug-likeness (QED) is 0.761. The minimum absolute atomic E-state index is 0.0443. The van der Waals surface area contributed by atoms with Crippen molar-refractivity contribution in [2.75, 3.05) is 4.90 Å². The number of carbonyl (C=O) groups excluding carboxylic acids is 1. The van der Waals surface area contributed by atoms with Crippen molar-refractivity contribution in [3.8, 4) is 5.69 Å². The van der Waals surface area contributed by atoms with Gasteiger partial charge in [-0.1, -0.05) is 17.3 Å². The van der Waals surface area contributed by atoms with Crippen molar-refractivity contribution < 1.29 is 18.7 Å². The fourth-order valence-corrected chi connectivity index (χ4v) is 3.23. The number of anilines is 1. The molecule has 1 atom stereocenters. The van der Waals surface area contributed by atoms with Gasteiger partial charge in [0.2, 0.25) is 0 Å². The normalized spacial score (nSPS) is 16.4. The second-order valence-electron chi connectivity index (χ2n) is 6.28. The molecule has 0 fully saturated rings. The topological polar surface area (TPSA) is 84.1 Å². The number of halogens is 2. The number of rotatable bonds is 4. The third kappa shape index (κ3) is 2.76. The smallest absolute Gasteiger partial charge is 0.352 e. The van der Waals surface area contributed by atoms with Crippen LogP contribution in [0.2, 0.25) is 0 Å². The highest BCUT2D eigenvalue weighted by molar-refractivity contribution is 6.06. The maximum Gasteiger partial charge on any atom is 0.352 e. The Morgan fingerprint density at radius 1 is 1.30 bits per heavy atom. The van der Waals surface area contributed by atoms with Gasteiger partial charge in [-0.2, -0.15) is 8.78 Å². The minimum Gasteiger partial charge on any atom is -0.389 e. The van der Waals surface area contributed by atoms with Gasteiger partial charge in [0, 0.05) is 6.20 Å². The van der Waals surface area contributed by atoms with Crippen LogP contribution in [0.25, 0.3) is 5.69 Å². The Morgan fingerprint density at radius 2 is 2.11 bits per heavy atom. The van der Waals surface area contributed by atoms with Gasteiger partial charge in [-0.15, -0.1) is 5.10 Å². The Morgan fingerprint density at radius 3 is 2.81 bits per heavy atom. The van der Waals surface area contributed by atoms with Gasteiger partial charge in [0.15, 0.2) is 0 Å². The van der Waals surface area contributed by atoms with Crippen molar-refractivity contribution in [1.82, 2.24) is 20.0 Å². The molecule has 4 rings (SSSR count). The van der Waals surface area contributed by atoms with E-state index in [2.05, 4.69) is 15.3 Å². The summed E-state index contributed by atoms with van der Waals surface area (Å²) in [6.07, 6.45) is 5.07. The average molecular weight is 371 g/mol. The number of hydrogen-bond acceptors (Lipinski definition) is 5. The lowest BCUT2D eigenvalue weighted by atomic mass is 9.98. The van der Waals surface area contributed by atoms with Crippen LogP contribution in [0.3, 0.4) is 0 Å². The number of amides is 1. The van der Waals surface area contributed by atoms with Crippen molar-refractivity contribution in [2.24, 2.45) is 0 Å². The number of aliphatic hydroxyl groups is 1. The number of carbonyl (C=O) groups is 1. The lowest BCUT2D eigenvalue weighted by Crippen LogP contribution is -2.34. The summed E-state index contributed by atoms with van der Waals surface area (Å²) < 4.78 is 30.8. The van der Waals surface area contributed by atoms with E-state index in [0.29, 0.717) is 11.3 Å². The molecule has 7 nitrogen and oxygen atoms in total. The summed E-state index contributed by atoms with van der Waals surface area (Å²) in [6.45, 7) is 1.31. The lowest BCUT2D eigenvalue weighted by Gasteiger charge is -2.18. The maximum absolute atomic E-state index is 14.7. The van der Waals surface area contributed by atoms with Gasteiger partial charge in [0.05, 0.1) is 48.2 Å². The molecule has 0 saturated heterocycles. The van der Waals surface area contributed by atoms with Gasteiger partial charge in [0.25, 0.3) is 0 Å². The van der Waals surface area contributed by atoms with Gasteiger partial charge >= 0.3 is 11.8 Å². The van der Waals surface area contributed by atoms with Crippen molar-refractivity contribution in [2.45, 2.75) is 25.5 Å². The van der Waals surface area contributed by atoms with E-state index in [4.69, 9.17) is 0 Å². The van der Waals surface area contributed by atoms with E-state index < -0.39 is 23.5 Å². The van der Waals surface area contributed by atoms with E-state index in [1.165, 1.54) is 36.1 Å². The molecule has 0 unspecified atom stereocenters. The first-order valence-corrected chi connectivity index (χ1v) is 8.21. The van der Waals surface area contributed by atoms with Crippen molar-refractivity contribution >= 4 is 11.6 Å². The molecule has 1 aromatic carbocycles. The van der Waals surface area contributed by atoms with Crippen LogP contribution < -0.4 is 4.90 Å². The predicted molar refractivity (Wildman–Crippen MR) is 91.3 cm³/mol. The van der Waals surface area contributed by atoms with Gasteiger partial charge in [-0.05, 0) is 30.2 Å². The average Bonchev–Trinajstić information content (AvgIpc) is 3.25. The first-order chi connectivity index (χ1) is 12.9. The molecule has 1 aliphatic heterocycles. The molecule has 0 radical (unpaired) electrons. The Labute approximate surface area is 152 Å². The Hall–Kier alpha value is -3.20. The van der Waals surface area contributed by atoms with Gasteiger partial charge in [-0.3, -0.25) is 9.78 Å². The SMILES string of the molecule is C[C@H](O)c1cccc2c1C(F)(F)C(=O)N2Cc1cncc(-n2ccnn2)c1. The van der Waals surface area contributed by atoms with Crippen LogP contribution in [-0.4, -0.2) is 31.0 Å². The number of benzene rings is 1. The molecule has 27 heavy (non-hydrogen) atoms. The fourth-order valence-electron chi connectivity index (χ4n) is 3.23. The molecule has 138 valence electrons. The van der Waals surface area contributed by atoms with Crippen LogP contribution in [0.15, 0.2) is 49.1 Å². The molecule has 3 aromatic rings. The first kappa shape index (κ1) is 17.2. The summed E-state index contributed by atoms with van der Waals surface area (Å²) in [4.78, 5) is 17.5. The fraction of sp³-hybridized carbons (Fsp3) is 0.222. The van der Waals surface area contributed by atoms with Crippen molar-refractivity contribution in [3.05, 3.63) is 65.7 Å². The van der Waals surface area contributed by atoms with E-state index in [1.54, 1.807) is 24.5 Å². The second-order valence-corrected chi connectivity index (χ2v) is 6.28. The number of aromatic nitrogens is 4. The second kappa shape index (κ2) is 6.20. The Bertz CT molecular complexity index is 1000. The number of pyridine rings is 1. The van der Waals surface area contributed by atoms with Gasteiger partial charge < -0.3 is 10.0 Å². The van der Waals surface area contributed by atoms with Gasteiger partial charge in [-0.25, -0.2) is 4.68 Å². The van der Waals surface area contributed by atoms with Crippen LogP contribution in [0.1, 0.15) is 29.7 Å². The van der Waals surface area contributed by atoms with E-state index >= 15 is 0 Å². The first-order valence-electron chi connectivity index (χ1n) is 8.21. The summed E-state index contributed by atoms with van der Waals surface area (Å²) in [5, 5.41) is 17.4.